The first-order chi connectivity index (χ1) is 21.2. The topological polar surface area (TPSA) is 75.1 Å². The van der Waals surface area contributed by atoms with E-state index >= 15 is 0 Å². The second-order valence-corrected chi connectivity index (χ2v) is 11.8. The molecule has 3 heterocycles. The first kappa shape index (κ1) is 31.8. The molecule has 1 N–H and O–H groups in total. The van der Waals surface area contributed by atoms with E-state index in [-0.39, 0.29) is 17.4 Å². The van der Waals surface area contributed by atoms with Crippen LogP contribution in [0.4, 0.5) is 13.2 Å². The first-order valence-corrected chi connectivity index (χ1v) is 15.1. The van der Waals surface area contributed by atoms with Gasteiger partial charge in [0.25, 0.3) is 0 Å². The largest absolute Gasteiger partial charge is 0.497 e. The number of aliphatic carboxylic acids is 1. The Labute approximate surface area is 256 Å². The Kier molecular flexibility index (Phi) is 10.4. The van der Waals surface area contributed by atoms with E-state index in [1.54, 1.807) is 7.11 Å². The first-order valence-electron chi connectivity index (χ1n) is 15.1. The van der Waals surface area contributed by atoms with Crippen LogP contribution in [-0.4, -0.2) is 78.9 Å². The van der Waals surface area contributed by atoms with Gasteiger partial charge in [-0.05, 0) is 86.0 Å². The smallest absolute Gasteiger partial charge is 0.303 e. The number of piperidine rings is 1. The van der Waals surface area contributed by atoms with Crippen molar-refractivity contribution in [1.29, 1.82) is 0 Å². The summed E-state index contributed by atoms with van der Waals surface area (Å²) in [6.45, 7) is 5.52. The lowest BCUT2D eigenvalue weighted by atomic mass is 9.72. The van der Waals surface area contributed by atoms with Crippen LogP contribution in [0.1, 0.15) is 48.8 Å². The van der Waals surface area contributed by atoms with Crippen LogP contribution in [0.2, 0.25) is 0 Å². The van der Waals surface area contributed by atoms with Crippen LogP contribution in [0, 0.1) is 34.7 Å². The van der Waals surface area contributed by atoms with Crippen molar-refractivity contribution in [1.82, 2.24) is 14.8 Å². The Morgan fingerprint density at radius 2 is 1.86 bits per heavy atom. The van der Waals surface area contributed by atoms with Gasteiger partial charge >= 0.3 is 5.97 Å². The number of rotatable bonds is 10. The molecule has 10 heteroatoms. The predicted octanol–water partition coefficient (Wildman–Crippen LogP) is 5.42. The minimum absolute atomic E-state index is 0.0891. The van der Waals surface area contributed by atoms with Crippen molar-refractivity contribution in [3.8, 4) is 17.6 Å². The van der Waals surface area contributed by atoms with E-state index in [0.29, 0.717) is 51.8 Å². The summed E-state index contributed by atoms with van der Waals surface area (Å²) in [4.78, 5) is 21.1. The Morgan fingerprint density at radius 1 is 1.09 bits per heavy atom. The molecule has 0 aliphatic carbocycles. The molecule has 0 spiro atoms. The van der Waals surface area contributed by atoms with Crippen molar-refractivity contribution in [2.45, 2.75) is 45.1 Å². The Balaban J connectivity index is 1.27. The number of ether oxygens (including phenoxy) is 2. The van der Waals surface area contributed by atoms with Gasteiger partial charge < -0.3 is 14.6 Å². The molecular weight excluding hydrogens is 571 g/mol. The van der Waals surface area contributed by atoms with Crippen molar-refractivity contribution in [2.24, 2.45) is 5.41 Å². The molecular formula is C34H38F3N3O4. The van der Waals surface area contributed by atoms with Crippen molar-refractivity contribution >= 4 is 16.9 Å². The Bertz CT molecular complexity index is 1540. The highest BCUT2D eigenvalue weighted by Crippen LogP contribution is 2.40. The SMILES string of the molecule is COc1ccc2ncc(CN3CCOCC3)c(CCCC3(CC(=O)O)CCN(CC#Cc4cc(F)cc(F)c4F)CC3)c2c1. The van der Waals surface area contributed by atoms with Gasteiger partial charge in [-0.1, -0.05) is 11.8 Å². The summed E-state index contributed by atoms with van der Waals surface area (Å²) in [6.07, 6.45) is 5.81. The van der Waals surface area contributed by atoms with Gasteiger partial charge in [-0.25, -0.2) is 13.2 Å². The van der Waals surface area contributed by atoms with Crippen molar-refractivity contribution < 1.29 is 32.5 Å². The number of aromatic nitrogens is 1. The average Bonchev–Trinajstić information content (AvgIpc) is 3.01. The second-order valence-electron chi connectivity index (χ2n) is 11.8. The predicted molar refractivity (Wildman–Crippen MR) is 161 cm³/mol. The molecule has 2 saturated heterocycles. The number of aryl methyl sites for hydroxylation is 1. The van der Waals surface area contributed by atoms with Crippen molar-refractivity contribution in [3.05, 3.63) is 70.7 Å². The molecule has 2 aliphatic rings. The van der Waals surface area contributed by atoms with Crippen LogP contribution < -0.4 is 4.74 Å². The van der Waals surface area contributed by atoms with Crippen LogP contribution in [0.5, 0.6) is 5.75 Å². The van der Waals surface area contributed by atoms with E-state index in [1.165, 1.54) is 11.1 Å². The second kappa shape index (κ2) is 14.4. The summed E-state index contributed by atoms with van der Waals surface area (Å²) in [5.74, 6) is 2.02. The molecule has 0 amide bonds. The third-order valence-electron chi connectivity index (χ3n) is 8.87. The Hall–Kier alpha value is -3.65. The van der Waals surface area contributed by atoms with Crippen LogP contribution in [0.15, 0.2) is 36.5 Å². The number of halogens is 3. The zero-order valence-electron chi connectivity index (χ0n) is 25.0. The number of pyridine rings is 1. The lowest BCUT2D eigenvalue weighted by Crippen LogP contribution is -2.41. The van der Waals surface area contributed by atoms with Gasteiger partial charge in [0, 0.05) is 37.3 Å². The number of morpholine rings is 1. The number of nitrogens with zero attached hydrogens (tertiary/aromatic N) is 3. The lowest BCUT2D eigenvalue weighted by Gasteiger charge is -2.41. The molecule has 0 radical (unpaired) electrons. The van der Waals surface area contributed by atoms with E-state index in [0.717, 1.165) is 61.6 Å². The van der Waals surface area contributed by atoms with Crippen LogP contribution in [-0.2, 0) is 22.5 Å². The number of carboxylic acids is 1. The van der Waals surface area contributed by atoms with E-state index < -0.39 is 23.4 Å². The minimum Gasteiger partial charge on any atom is -0.497 e. The number of carbonyl (C=O) groups is 1. The standard InChI is InChI=1S/C34H38F3N3O4/c1-43-27-6-7-31-29(20-27)28(25(22-38-31)23-40-14-16-44-17-15-40)5-2-8-34(21-32(41)42)9-12-39(13-10-34)11-3-4-24-18-26(35)19-30(36)33(24)37/h6-7,18-20,22H,2,5,8-17,21,23H2,1H3,(H,41,42). The quantitative estimate of drug-likeness (QED) is 0.243. The molecule has 44 heavy (non-hydrogen) atoms. The molecule has 0 atom stereocenters. The number of likely N-dealkylation sites (tertiary alicyclic amines) is 1. The number of hydrogen-bond acceptors (Lipinski definition) is 6. The fourth-order valence-corrected chi connectivity index (χ4v) is 6.38. The number of fused-ring (bicyclic) bond motifs is 1. The van der Waals surface area contributed by atoms with Crippen molar-refractivity contribution in [2.75, 3.05) is 53.0 Å². The molecule has 1 aromatic heterocycles. The molecule has 2 fully saturated rings. The van der Waals surface area contributed by atoms with E-state index in [2.05, 4.69) is 21.6 Å². The van der Waals surface area contributed by atoms with Gasteiger partial charge in [0.2, 0.25) is 0 Å². The van der Waals surface area contributed by atoms with Gasteiger partial charge in [0.15, 0.2) is 11.6 Å². The maximum atomic E-state index is 13.9. The number of carboxylic acid groups (broad SMARTS) is 1. The normalized spacial score (nSPS) is 17.3. The molecule has 0 bridgehead atoms. The minimum atomic E-state index is -1.27. The molecule has 234 valence electrons. The Morgan fingerprint density at radius 3 is 2.59 bits per heavy atom. The molecule has 3 aromatic rings. The maximum Gasteiger partial charge on any atom is 0.303 e. The van der Waals surface area contributed by atoms with Gasteiger partial charge in [-0.2, -0.15) is 0 Å². The van der Waals surface area contributed by atoms with Crippen LogP contribution in [0.3, 0.4) is 0 Å². The molecule has 5 rings (SSSR count). The highest BCUT2D eigenvalue weighted by molar-refractivity contribution is 5.84. The molecule has 0 saturated carbocycles. The van der Waals surface area contributed by atoms with Crippen LogP contribution >= 0.6 is 0 Å². The molecule has 0 unspecified atom stereocenters. The highest BCUT2D eigenvalue weighted by Gasteiger charge is 2.36. The zero-order valence-corrected chi connectivity index (χ0v) is 25.0. The summed E-state index contributed by atoms with van der Waals surface area (Å²) < 4.78 is 52.0. The fourth-order valence-electron chi connectivity index (χ4n) is 6.38. The van der Waals surface area contributed by atoms with Gasteiger partial charge in [-0.3, -0.25) is 19.6 Å². The van der Waals surface area contributed by atoms with Gasteiger partial charge in [0.05, 0.1) is 44.4 Å². The van der Waals surface area contributed by atoms with E-state index in [4.69, 9.17) is 14.5 Å². The highest BCUT2D eigenvalue weighted by atomic mass is 19.2. The van der Waals surface area contributed by atoms with Crippen LogP contribution in [0.25, 0.3) is 10.9 Å². The van der Waals surface area contributed by atoms with Gasteiger partial charge in [-0.15, -0.1) is 0 Å². The van der Waals surface area contributed by atoms with Gasteiger partial charge in [0.1, 0.15) is 11.6 Å². The molecule has 2 aromatic carbocycles. The summed E-state index contributed by atoms with van der Waals surface area (Å²) in [6, 6.07) is 7.30. The van der Waals surface area contributed by atoms with E-state index in [9.17, 15) is 23.1 Å². The fraction of sp³-hybridized carbons (Fsp3) is 0.471. The summed E-state index contributed by atoms with van der Waals surface area (Å²) >= 11 is 0. The third-order valence-corrected chi connectivity index (χ3v) is 8.87. The number of hydrogen-bond donors (Lipinski definition) is 1. The lowest BCUT2D eigenvalue weighted by molar-refractivity contribution is -0.140. The average molecular weight is 610 g/mol. The molecule has 2 aliphatic heterocycles. The maximum absolute atomic E-state index is 13.9. The number of methoxy groups -OCH3 is 1. The zero-order chi connectivity index (χ0) is 31.1. The number of benzene rings is 2. The van der Waals surface area contributed by atoms with E-state index in [1.807, 2.05) is 24.4 Å². The third kappa shape index (κ3) is 7.89. The molecule has 7 nitrogen and oxygen atoms in total. The monoisotopic (exact) mass is 609 g/mol. The summed E-state index contributed by atoms with van der Waals surface area (Å²) in [7, 11) is 1.65. The summed E-state index contributed by atoms with van der Waals surface area (Å²) in [5.41, 5.74) is 2.64. The van der Waals surface area contributed by atoms with Crippen molar-refractivity contribution in [3.63, 3.8) is 0 Å². The summed E-state index contributed by atoms with van der Waals surface area (Å²) in [5, 5.41) is 10.9.